The van der Waals surface area contributed by atoms with Crippen molar-refractivity contribution in [3.05, 3.63) is 22.8 Å². The molecule has 4 atom stereocenters. The number of rotatable bonds is 1. The second kappa shape index (κ2) is 4.91. The molecule has 25 heavy (non-hydrogen) atoms. The molecule has 2 aliphatic heterocycles. The highest BCUT2D eigenvalue weighted by Crippen LogP contribution is 2.66. The number of carbonyl (C=O) groups is 1. The van der Waals surface area contributed by atoms with Gasteiger partial charge < -0.3 is 20.1 Å². The second-order valence-corrected chi connectivity index (χ2v) is 8.89. The normalized spacial score (nSPS) is 35.3. The molecule has 5 rings (SSSR count). The number of aromatic hydroxyl groups is 2. The third-order valence-corrected chi connectivity index (χ3v) is 6.72. The Balaban J connectivity index is 2.06. The van der Waals surface area contributed by atoms with Crippen LogP contribution in [0.25, 0.3) is 0 Å². The number of ether oxygens (including phenoxy) is 1. The molecule has 5 nitrogen and oxygen atoms in total. The highest BCUT2D eigenvalue weighted by Gasteiger charge is 2.68. The summed E-state index contributed by atoms with van der Waals surface area (Å²) in [6.45, 7) is 7.98. The van der Waals surface area contributed by atoms with Crippen LogP contribution in [-0.2, 0) is 14.9 Å². The zero-order valence-electron chi connectivity index (χ0n) is 15.2. The van der Waals surface area contributed by atoms with Crippen LogP contribution in [-0.4, -0.2) is 27.4 Å². The van der Waals surface area contributed by atoms with E-state index in [1.165, 1.54) is 0 Å². The number of phenolic OH excluding ortho intramolecular Hbond substituents is 2. The van der Waals surface area contributed by atoms with Gasteiger partial charge in [0.25, 0.3) is 0 Å². The Bertz CT molecular complexity index is 766. The van der Waals surface area contributed by atoms with Crippen molar-refractivity contribution in [1.29, 1.82) is 0 Å². The van der Waals surface area contributed by atoms with Crippen LogP contribution in [0.4, 0.5) is 0 Å². The first-order chi connectivity index (χ1) is 11.6. The Morgan fingerprint density at radius 3 is 2.52 bits per heavy atom. The van der Waals surface area contributed by atoms with E-state index >= 15 is 0 Å². The van der Waals surface area contributed by atoms with E-state index in [4.69, 9.17) is 4.74 Å². The van der Waals surface area contributed by atoms with E-state index < -0.39 is 17.6 Å². The first kappa shape index (κ1) is 16.7. The Morgan fingerprint density at radius 1 is 1.20 bits per heavy atom. The van der Waals surface area contributed by atoms with Crippen molar-refractivity contribution >= 4 is 5.97 Å². The molecule has 0 unspecified atom stereocenters. The maximum atomic E-state index is 13.0. The summed E-state index contributed by atoms with van der Waals surface area (Å²) in [4.78, 5) is 13.0. The van der Waals surface area contributed by atoms with Gasteiger partial charge in [-0.1, -0.05) is 34.1 Å². The summed E-state index contributed by atoms with van der Waals surface area (Å²) >= 11 is 0. The quantitative estimate of drug-likeness (QED) is 0.537. The maximum absolute atomic E-state index is 13.0. The summed E-state index contributed by atoms with van der Waals surface area (Å²) in [5.41, 5.74) is 0.405. The largest absolute Gasteiger partial charge is 0.504 e. The van der Waals surface area contributed by atoms with Crippen molar-refractivity contribution in [2.24, 2.45) is 11.3 Å². The molecule has 4 aliphatic rings. The van der Waals surface area contributed by atoms with Crippen LogP contribution >= 0.6 is 0 Å². The van der Waals surface area contributed by atoms with Gasteiger partial charge in [0.15, 0.2) is 17.6 Å². The first-order valence-corrected chi connectivity index (χ1v) is 9.11. The zero-order chi connectivity index (χ0) is 18.3. The van der Waals surface area contributed by atoms with Gasteiger partial charge in [-0.15, -0.1) is 0 Å². The number of hydrogen-bond acceptors (Lipinski definition) is 5. The van der Waals surface area contributed by atoms with E-state index in [1.807, 2.05) is 13.8 Å². The fourth-order valence-corrected chi connectivity index (χ4v) is 5.71. The van der Waals surface area contributed by atoms with Crippen LogP contribution < -0.4 is 0 Å². The van der Waals surface area contributed by atoms with Gasteiger partial charge in [-0.05, 0) is 30.2 Å². The fraction of sp³-hybridized carbons (Fsp3) is 0.650. The third kappa shape index (κ3) is 1.85. The summed E-state index contributed by atoms with van der Waals surface area (Å²) in [5.74, 6) is -1.07. The lowest BCUT2D eigenvalue weighted by Crippen LogP contribution is -2.65. The monoisotopic (exact) mass is 346 g/mol. The van der Waals surface area contributed by atoms with Gasteiger partial charge in [0.05, 0.1) is 6.10 Å². The maximum Gasteiger partial charge on any atom is 0.317 e. The average molecular weight is 346 g/mol. The number of fused-ring (bicyclic) bond motifs is 1. The number of esters is 1. The minimum Gasteiger partial charge on any atom is -0.504 e. The van der Waals surface area contributed by atoms with Gasteiger partial charge in [-0.25, -0.2) is 0 Å². The highest BCUT2D eigenvalue weighted by atomic mass is 16.6. The summed E-state index contributed by atoms with van der Waals surface area (Å²) in [7, 11) is 0. The van der Waals surface area contributed by atoms with Crippen molar-refractivity contribution in [3.8, 4) is 11.5 Å². The molecule has 0 radical (unpaired) electrons. The van der Waals surface area contributed by atoms with E-state index in [0.29, 0.717) is 23.1 Å². The van der Waals surface area contributed by atoms with Gasteiger partial charge in [0.1, 0.15) is 5.41 Å². The van der Waals surface area contributed by atoms with Gasteiger partial charge in [-0.3, -0.25) is 4.79 Å². The standard InChI is InChI=1S/C20H26O5/c1-9(2)10-8-11-12(14(22)13(10)21)20-7-5-6-19(3,4)17(20)15(23)16(11)25-18(20)24/h8-9,15-17,21-23H,5-7H2,1-4H3/t15-,16-,17-,20-/m0/s1. The Labute approximate surface area is 147 Å². The molecule has 136 valence electrons. The molecule has 2 aliphatic carbocycles. The molecule has 2 bridgehead atoms. The summed E-state index contributed by atoms with van der Waals surface area (Å²) < 4.78 is 5.63. The molecule has 1 spiro atoms. The summed E-state index contributed by atoms with van der Waals surface area (Å²) in [6.07, 6.45) is 0.648. The summed E-state index contributed by atoms with van der Waals surface area (Å²) in [6, 6.07) is 1.80. The molecule has 5 heteroatoms. The zero-order valence-corrected chi connectivity index (χ0v) is 15.2. The van der Waals surface area contributed by atoms with Crippen LogP contribution in [0.5, 0.6) is 11.5 Å². The number of aliphatic hydroxyl groups excluding tert-OH is 1. The van der Waals surface area contributed by atoms with Gasteiger partial charge in [0.2, 0.25) is 0 Å². The number of phenols is 2. The van der Waals surface area contributed by atoms with Crippen molar-refractivity contribution in [2.75, 3.05) is 0 Å². The number of carbonyl (C=O) groups excluding carboxylic acids is 1. The molecule has 1 aromatic carbocycles. The first-order valence-electron chi connectivity index (χ1n) is 9.11. The van der Waals surface area contributed by atoms with Crippen molar-refractivity contribution < 1.29 is 24.9 Å². The third-order valence-electron chi connectivity index (χ3n) is 6.72. The predicted molar refractivity (Wildman–Crippen MR) is 91.5 cm³/mol. The number of aliphatic hydroxyl groups is 1. The average Bonchev–Trinajstić information content (AvgIpc) is 2.51. The second-order valence-electron chi connectivity index (χ2n) is 8.89. The lowest BCUT2D eigenvalue weighted by molar-refractivity contribution is -0.213. The fourth-order valence-electron chi connectivity index (χ4n) is 5.71. The Morgan fingerprint density at radius 2 is 1.88 bits per heavy atom. The van der Waals surface area contributed by atoms with Gasteiger partial charge in [-0.2, -0.15) is 0 Å². The van der Waals surface area contributed by atoms with E-state index in [2.05, 4.69) is 13.8 Å². The van der Waals surface area contributed by atoms with E-state index in [9.17, 15) is 20.1 Å². The van der Waals surface area contributed by atoms with Crippen LogP contribution in [0.2, 0.25) is 0 Å². The molecule has 2 fully saturated rings. The topological polar surface area (TPSA) is 87.0 Å². The van der Waals surface area contributed by atoms with Crippen molar-refractivity contribution in [2.45, 2.75) is 70.5 Å². The molecule has 0 aromatic heterocycles. The molecule has 3 N–H and O–H groups in total. The smallest absolute Gasteiger partial charge is 0.317 e. The SMILES string of the molecule is CC(C)c1cc2c(c(O)c1O)[C@@]13CCCC(C)(C)[C@@H]1[C@@H](O)[C@H]2OC3=O. The summed E-state index contributed by atoms with van der Waals surface area (Å²) in [5, 5.41) is 32.5. The van der Waals surface area contributed by atoms with E-state index in [-0.39, 0.29) is 34.7 Å². The Hall–Kier alpha value is -1.75. The van der Waals surface area contributed by atoms with Crippen LogP contribution in [0.15, 0.2) is 6.07 Å². The van der Waals surface area contributed by atoms with Crippen molar-refractivity contribution in [1.82, 2.24) is 0 Å². The lowest BCUT2D eigenvalue weighted by atomic mass is 9.46. The van der Waals surface area contributed by atoms with Crippen molar-refractivity contribution in [3.63, 3.8) is 0 Å². The van der Waals surface area contributed by atoms with E-state index in [1.54, 1.807) is 6.07 Å². The molecule has 0 amide bonds. The van der Waals surface area contributed by atoms with Crippen LogP contribution in [0.1, 0.15) is 75.7 Å². The van der Waals surface area contributed by atoms with Gasteiger partial charge in [0, 0.05) is 22.6 Å². The lowest BCUT2D eigenvalue weighted by Gasteiger charge is -2.60. The minimum absolute atomic E-state index is 0.000547. The molecular weight excluding hydrogens is 320 g/mol. The molecular formula is C20H26O5. The minimum atomic E-state index is -1.08. The van der Waals surface area contributed by atoms with Gasteiger partial charge >= 0.3 is 5.97 Å². The molecule has 1 aromatic rings. The van der Waals surface area contributed by atoms with Crippen LogP contribution in [0.3, 0.4) is 0 Å². The highest BCUT2D eigenvalue weighted by molar-refractivity contribution is 5.90. The predicted octanol–water partition coefficient (Wildman–Crippen LogP) is 3.26. The van der Waals surface area contributed by atoms with E-state index in [0.717, 1.165) is 12.8 Å². The molecule has 2 heterocycles. The Kier molecular flexibility index (Phi) is 3.28. The van der Waals surface area contributed by atoms with Crippen LogP contribution in [0, 0.1) is 11.3 Å². The molecule has 1 saturated carbocycles. The molecule has 1 saturated heterocycles. The number of benzene rings is 1. The number of hydrogen-bond donors (Lipinski definition) is 3.